The average Bonchev–Trinajstić information content (AvgIpc) is 4.13. The summed E-state index contributed by atoms with van der Waals surface area (Å²) in [5, 5.41) is 1.99. The van der Waals surface area contributed by atoms with Crippen molar-refractivity contribution in [1.82, 2.24) is 19.6 Å². The summed E-state index contributed by atoms with van der Waals surface area (Å²) in [6.07, 6.45) is 15.4. The van der Waals surface area contributed by atoms with Gasteiger partial charge in [0.2, 0.25) is 11.8 Å². The maximum absolute atomic E-state index is 13.6. The molecular weight excluding hydrogens is 773 g/mol. The number of amides is 2. The summed E-state index contributed by atoms with van der Waals surface area (Å²) >= 11 is 0. The van der Waals surface area contributed by atoms with Crippen LogP contribution in [0.25, 0.3) is 21.9 Å². The molecule has 12 heteroatoms. The van der Waals surface area contributed by atoms with Crippen molar-refractivity contribution in [2.75, 3.05) is 53.5 Å². The zero-order valence-corrected chi connectivity index (χ0v) is 36.1. The van der Waals surface area contributed by atoms with Gasteiger partial charge in [-0.25, -0.2) is 0 Å². The highest BCUT2D eigenvalue weighted by Crippen LogP contribution is 2.33. The monoisotopic (exact) mass is 836 g/mol. The molecule has 4 fully saturated rings. The number of ether oxygens (including phenoxy) is 2. The summed E-state index contributed by atoms with van der Waals surface area (Å²) in [4.78, 5) is 61.5. The fraction of sp³-hybridized carbons (Fsp3) is 0.592. The molecule has 328 valence electrons. The number of esters is 2. The second-order valence-corrected chi connectivity index (χ2v) is 18.2. The third-order valence-electron chi connectivity index (χ3n) is 14.3. The van der Waals surface area contributed by atoms with Crippen LogP contribution in [0.1, 0.15) is 94.6 Å². The molecule has 2 saturated carbocycles. The molecule has 0 N–H and O–H groups in total. The van der Waals surface area contributed by atoms with Gasteiger partial charge in [-0.2, -0.15) is 0 Å². The van der Waals surface area contributed by atoms with Crippen molar-refractivity contribution < 1.29 is 37.5 Å². The molecule has 2 amide bonds. The lowest BCUT2D eigenvalue weighted by molar-refractivity contribution is -0.147. The predicted molar refractivity (Wildman–Crippen MR) is 233 cm³/mol. The number of benzene rings is 2. The van der Waals surface area contributed by atoms with Crippen molar-refractivity contribution in [3.05, 3.63) is 72.2 Å². The molecule has 12 nitrogen and oxygen atoms in total. The summed E-state index contributed by atoms with van der Waals surface area (Å²) in [6, 6.07) is 16.6. The summed E-state index contributed by atoms with van der Waals surface area (Å²) < 4.78 is 22.5. The van der Waals surface area contributed by atoms with Gasteiger partial charge >= 0.3 is 11.9 Å². The van der Waals surface area contributed by atoms with E-state index in [9.17, 15) is 19.2 Å². The van der Waals surface area contributed by atoms with Gasteiger partial charge in [-0.15, -0.1) is 0 Å². The molecule has 2 aliphatic carbocycles. The molecule has 0 radical (unpaired) electrons. The second kappa shape index (κ2) is 20.0. The standard InChI is InChI=1S/C49H64N4O8/c1-50(46(54)28-36-10-7-16-44-38(36)22-26-58-44)40-12-3-5-14-42(40)52-24-20-34(30-52)32-60-48(56)18-9-19-49(57)61-33-35-21-25-53(31-35)43-15-6-4-13-41(43)51(2)47(55)29-37-11-8-17-45-39(37)23-27-59-45/h7-8,10-11,16-17,22-23,26-27,34-35,40-43H,3-6,9,12-15,18-21,24-25,28-33H2,1-2H3/t34?,35?,40-,41+,42-,43+. The number of hydrogen-bond acceptors (Lipinski definition) is 10. The molecule has 2 aromatic heterocycles. The van der Waals surface area contributed by atoms with Crippen LogP contribution in [0.3, 0.4) is 0 Å². The van der Waals surface area contributed by atoms with Gasteiger partial charge in [0.15, 0.2) is 0 Å². The predicted octanol–water partition coefficient (Wildman–Crippen LogP) is 7.40. The first-order chi connectivity index (χ1) is 29.7. The van der Waals surface area contributed by atoms with Gasteiger partial charge in [-0.05, 0) is 93.4 Å². The molecule has 0 bridgehead atoms. The van der Waals surface area contributed by atoms with E-state index in [2.05, 4.69) is 9.80 Å². The maximum atomic E-state index is 13.6. The normalized spacial score (nSPS) is 24.9. The zero-order chi connectivity index (χ0) is 42.3. The van der Waals surface area contributed by atoms with Gasteiger partial charge in [0.05, 0.1) is 38.6 Å². The van der Waals surface area contributed by atoms with Crippen molar-refractivity contribution in [3.8, 4) is 0 Å². The second-order valence-electron chi connectivity index (χ2n) is 18.2. The summed E-state index contributed by atoms with van der Waals surface area (Å²) in [5.74, 6) is 0.238. The van der Waals surface area contributed by atoms with Gasteiger partial charge in [-0.1, -0.05) is 49.9 Å². The minimum absolute atomic E-state index is 0.128. The Hall–Kier alpha value is -4.68. The van der Waals surface area contributed by atoms with Crippen LogP contribution in [-0.2, 0) is 41.5 Å². The topological polar surface area (TPSA) is 126 Å². The summed E-state index contributed by atoms with van der Waals surface area (Å²) in [7, 11) is 3.91. The maximum Gasteiger partial charge on any atom is 0.305 e. The molecule has 2 aliphatic heterocycles. The Morgan fingerprint density at radius 2 is 1.05 bits per heavy atom. The Morgan fingerprint density at radius 1 is 0.607 bits per heavy atom. The fourth-order valence-electron chi connectivity index (χ4n) is 10.8. The molecule has 6 atom stereocenters. The lowest BCUT2D eigenvalue weighted by Gasteiger charge is -2.42. The molecule has 0 spiro atoms. The van der Waals surface area contributed by atoms with E-state index in [0.29, 0.717) is 44.6 Å². The van der Waals surface area contributed by atoms with E-state index in [1.54, 1.807) is 12.5 Å². The van der Waals surface area contributed by atoms with Crippen LogP contribution in [-0.4, -0.2) is 121 Å². The lowest BCUT2D eigenvalue weighted by atomic mass is 9.88. The molecule has 4 heterocycles. The first-order valence-corrected chi connectivity index (χ1v) is 22.9. The Balaban J connectivity index is 0.716. The number of hydrogen-bond donors (Lipinski definition) is 0. The largest absolute Gasteiger partial charge is 0.465 e. The molecule has 61 heavy (non-hydrogen) atoms. The summed E-state index contributed by atoms with van der Waals surface area (Å²) in [6.45, 7) is 4.35. The van der Waals surface area contributed by atoms with Crippen LogP contribution in [0, 0.1) is 11.8 Å². The third kappa shape index (κ3) is 10.3. The Kier molecular flexibility index (Phi) is 14.1. The molecule has 8 rings (SSSR count). The SMILES string of the molecule is CN(C(=O)Cc1cccc2occc12)[C@@H]1CCCC[C@H]1N1CCC(COC(=O)CCCC(=O)OCC2CCN([C@H]3CCCC[C@@H]3N(C)C(=O)Cc3cccc4occc34)C2)C1. The van der Waals surface area contributed by atoms with Crippen molar-refractivity contribution in [1.29, 1.82) is 0 Å². The number of furan rings is 2. The van der Waals surface area contributed by atoms with E-state index in [1.807, 2.05) is 72.4 Å². The Morgan fingerprint density at radius 3 is 1.51 bits per heavy atom. The van der Waals surface area contributed by atoms with Crippen LogP contribution in [0.5, 0.6) is 0 Å². The van der Waals surface area contributed by atoms with Gasteiger partial charge in [0, 0.05) is 86.8 Å². The highest BCUT2D eigenvalue weighted by Gasteiger charge is 2.39. The van der Waals surface area contributed by atoms with Gasteiger partial charge in [0.1, 0.15) is 11.2 Å². The average molecular weight is 837 g/mol. The number of nitrogens with zero attached hydrogens (tertiary/aromatic N) is 4. The molecule has 4 aromatic rings. The van der Waals surface area contributed by atoms with Crippen LogP contribution in [0.2, 0.25) is 0 Å². The van der Waals surface area contributed by atoms with E-state index in [0.717, 1.165) is 123 Å². The summed E-state index contributed by atoms with van der Waals surface area (Å²) in [5.41, 5.74) is 3.59. The van der Waals surface area contributed by atoms with Crippen LogP contribution < -0.4 is 0 Å². The first-order valence-electron chi connectivity index (χ1n) is 22.9. The van der Waals surface area contributed by atoms with Crippen molar-refractivity contribution in [2.24, 2.45) is 11.8 Å². The minimum Gasteiger partial charge on any atom is -0.465 e. The molecule has 2 aromatic carbocycles. The zero-order valence-electron chi connectivity index (χ0n) is 36.1. The van der Waals surface area contributed by atoms with E-state index in [4.69, 9.17) is 18.3 Å². The van der Waals surface area contributed by atoms with Crippen LogP contribution in [0.15, 0.2) is 69.9 Å². The van der Waals surface area contributed by atoms with Crippen LogP contribution in [0.4, 0.5) is 0 Å². The number of likely N-dealkylation sites (tertiary alicyclic amines) is 2. The number of fused-ring (bicyclic) bond motifs is 2. The highest BCUT2D eigenvalue weighted by molar-refractivity contribution is 5.88. The molecular formula is C49H64N4O8. The van der Waals surface area contributed by atoms with E-state index in [1.165, 1.54) is 0 Å². The van der Waals surface area contributed by atoms with Crippen molar-refractivity contribution in [2.45, 2.75) is 120 Å². The minimum atomic E-state index is -0.268. The molecule has 4 aliphatic rings. The van der Waals surface area contributed by atoms with Crippen molar-refractivity contribution in [3.63, 3.8) is 0 Å². The third-order valence-corrected chi connectivity index (χ3v) is 14.3. The smallest absolute Gasteiger partial charge is 0.305 e. The number of rotatable bonds is 16. The van der Waals surface area contributed by atoms with E-state index >= 15 is 0 Å². The van der Waals surface area contributed by atoms with Gasteiger partial charge in [-0.3, -0.25) is 29.0 Å². The first kappa shape index (κ1) is 43.0. The molecule has 2 unspecified atom stereocenters. The van der Waals surface area contributed by atoms with Gasteiger partial charge < -0.3 is 28.1 Å². The highest BCUT2D eigenvalue weighted by atomic mass is 16.5. The lowest BCUT2D eigenvalue weighted by Crippen LogP contribution is -2.53. The quantitative estimate of drug-likeness (QED) is 0.105. The van der Waals surface area contributed by atoms with Crippen molar-refractivity contribution >= 4 is 45.7 Å². The number of likely N-dealkylation sites (N-methyl/N-ethyl adjacent to an activating group) is 2. The van der Waals surface area contributed by atoms with E-state index < -0.39 is 0 Å². The van der Waals surface area contributed by atoms with Gasteiger partial charge in [0.25, 0.3) is 0 Å². The van der Waals surface area contributed by atoms with E-state index in [-0.39, 0.29) is 60.5 Å². The number of carbonyl (C=O) groups excluding carboxylic acids is 4. The van der Waals surface area contributed by atoms with Crippen LogP contribution >= 0.6 is 0 Å². The Bertz CT molecular complexity index is 1980. The fourth-order valence-corrected chi connectivity index (χ4v) is 10.8. The molecule has 2 saturated heterocycles. The number of carbonyl (C=O) groups is 4. The Labute approximate surface area is 359 Å².